The van der Waals surface area contributed by atoms with Gasteiger partial charge in [0.15, 0.2) is 0 Å². The van der Waals surface area contributed by atoms with Crippen LogP contribution in [0.2, 0.25) is 0 Å². The predicted octanol–water partition coefficient (Wildman–Crippen LogP) is 2.59. The highest BCUT2D eigenvalue weighted by Gasteiger charge is 2.30. The van der Waals surface area contributed by atoms with Gasteiger partial charge in [0.25, 0.3) is 0 Å². The molecule has 0 aromatic carbocycles. The van der Waals surface area contributed by atoms with Crippen LogP contribution in [0, 0.1) is 11.8 Å². The molecule has 3 nitrogen and oxygen atoms in total. The van der Waals surface area contributed by atoms with E-state index in [1.807, 2.05) is 0 Å². The highest BCUT2D eigenvalue weighted by atomic mass is 16.3. The number of piperidine rings is 2. The average molecular weight is 282 g/mol. The van der Waals surface area contributed by atoms with E-state index in [4.69, 9.17) is 0 Å². The van der Waals surface area contributed by atoms with Crippen molar-refractivity contribution in [1.29, 1.82) is 0 Å². The fourth-order valence-corrected chi connectivity index (χ4v) is 3.95. The van der Waals surface area contributed by atoms with Gasteiger partial charge in [-0.25, -0.2) is 0 Å². The van der Waals surface area contributed by atoms with Crippen molar-refractivity contribution in [3.63, 3.8) is 0 Å². The van der Waals surface area contributed by atoms with Crippen molar-refractivity contribution in [1.82, 2.24) is 9.80 Å². The predicted molar refractivity (Wildman–Crippen MR) is 84.9 cm³/mol. The molecule has 20 heavy (non-hydrogen) atoms. The highest BCUT2D eigenvalue weighted by molar-refractivity contribution is 4.85. The molecule has 2 rings (SSSR count). The summed E-state index contributed by atoms with van der Waals surface area (Å²) in [5.41, 5.74) is 0. The monoisotopic (exact) mass is 282 g/mol. The van der Waals surface area contributed by atoms with E-state index >= 15 is 0 Å². The number of hydrogen-bond acceptors (Lipinski definition) is 3. The third-order valence-electron chi connectivity index (χ3n) is 5.35. The zero-order valence-corrected chi connectivity index (χ0v) is 13.7. The second-order valence-corrected chi connectivity index (χ2v) is 7.24. The second-order valence-electron chi connectivity index (χ2n) is 7.24. The largest absolute Gasteiger partial charge is 0.393 e. The Labute approximate surface area is 125 Å². The summed E-state index contributed by atoms with van der Waals surface area (Å²) < 4.78 is 0. The fraction of sp³-hybridized carbons (Fsp3) is 1.00. The molecule has 1 unspecified atom stereocenters. The van der Waals surface area contributed by atoms with Gasteiger partial charge in [0, 0.05) is 6.04 Å². The summed E-state index contributed by atoms with van der Waals surface area (Å²) in [6.07, 6.45) is 5.97. The zero-order valence-electron chi connectivity index (χ0n) is 13.7. The first-order valence-electron chi connectivity index (χ1n) is 8.74. The van der Waals surface area contributed by atoms with Crippen LogP contribution in [0.25, 0.3) is 0 Å². The van der Waals surface area contributed by atoms with E-state index in [0.717, 1.165) is 12.5 Å². The lowest BCUT2D eigenvalue weighted by atomic mass is 9.86. The Morgan fingerprint density at radius 1 is 1.00 bits per heavy atom. The van der Waals surface area contributed by atoms with Crippen LogP contribution in [-0.2, 0) is 0 Å². The zero-order chi connectivity index (χ0) is 14.5. The molecule has 0 bridgehead atoms. The van der Waals surface area contributed by atoms with Gasteiger partial charge in [-0.05, 0) is 76.7 Å². The van der Waals surface area contributed by atoms with E-state index in [2.05, 4.69) is 30.6 Å². The lowest BCUT2D eigenvalue weighted by Gasteiger charge is -2.42. The molecular formula is C17H34N2O. The second kappa shape index (κ2) is 7.77. The van der Waals surface area contributed by atoms with Crippen LogP contribution in [0.3, 0.4) is 0 Å². The van der Waals surface area contributed by atoms with Crippen LogP contribution in [0.4, 0.5) is 0 Å². The van der Waals surface area contributed by atoms with Crippen LogP contribution in [0.5, 0.6) is 0 Å². The Morgan fingerprint density at radius 2 is 1.60 bits per heavy atom. The Balaban J connectivity index is 1.71. The lowest BCUT2D eigenvalue weighted by Crippen LogP contribution is -2.48. The topological polar surface area (TPSA) is 26.7 Å². The van der Waals surface area contributed by atoms with Crippen molar-refractivity contribution in [2.24, 2.45) is 11.8 Å². The van der Waals surface area contributed by atoms with Crippen LogP contribution in [-0.4, -0.2) is 59.8 Å². The normalized spacial score (nSPS) is 26.2. The summed E-state index contributed by atoms with van der Waals surface area (Å²) >= 11 is 0. The molecule has 0 spiro atoms. The quantitative estimate of drug-likeness (QED) is 0.839. The Morgan fingerprint density at radius 3 is 2.10 bits per heavy atom. The SMILES string of the molecule is CCN1CCC(N2CCC(C(O)CC(C)C)CC2)CC1. The minimum Gasteiger partial charge on any atom is -0.393 e. The lowest BCUT2D eigenvalue weighted by molar-refractivity contribution is 0.0223. The van der Waals surface area contributed by atoms with Crippen LogP contribution < -0.4 is 0 Å². The molecule has 2 saturated heterocycles. The Hall–Kier alpha value is -0.120. The number of aliphatic hydroxyl groups excluding tert-OH is 1. The molecular weight excluding hydrogens is 248 g/mol. The number of likely N-dealkylation sites (tertiary alicyclic amines) is 2. The van der Waals surface area contributed by atoms with E-state index in [0.29, 0.717) is 11.8 Å². The first-order chi connectivity index (χ1) is 9.60. The fourth-order valence-electron chi connectivity index (χ4n) is 3.95. The minimum absolute atomic E-state index is 0.0703. The number of aliphatic hydroxyl groups is 1. The molecule has 1 N–H and O–H groups in total. The van der Waals surface area contributed by atoms with Crippen LogP contribution >= 0.6 is 0 Å². The van der Waals surface area contributed by atoms with Gasteiger partial charge in [0.1, 0.15) is 0 Å². The Kier molecular flexibility index (Phi) is 6.31. The van der Waals surface area contributed by atoms with Crippen LogP contribution in [0.1, 0.15) is 52.9 Å². The van der Waals surface area contributed by atoms with Crippen molar-refractivity contribution in [3.8, 4) is 0 Å². The molecule has 2 aliphatic rings. The summed E-state index contributed by atoms with van der Waals surface area (Å²) in [5.74, 6) is 1.16. The van der Waals surface area contributed by atoms with Gasteiger partial charge in [-0.2, -0.15) is 0 Å². The van der Waals surface area contributed by atoms with Crippen molar-refractivity contribution in [2.75, 3.05) is 32.7 Å². The minimum atomic E-state index is -0.0703. The summed E-state index contributed by atoms with van der Waals surface area (Å²) in [5, 5.41) is 10.3. The standard InChI is InChI=1S/C17H34N2O/c1-4-18-9-7-16(8-10-18)19-11-5-15(6-12-19)17(20)13-14(2)3/h14-17,20H,4-13H2,1-3H3. The molecule has 2 heterocycles. The van der Waals surface area contributed by atoms with Gasteiger partial charge in [-0.3, -0.25) is 0 Å². The smallest absolute Gasteiger partial charge is 0.0571 e. The first-order valence-corrected chi connectivity index (χ1v) is 8.74. The molecule has 0 amide bonds. The van der Waals surface area contributed by atoms with E-state index < -0.39 is 0 Å². The molecule has 2 aliphatic heterocycles. The molecule has 2 fully saturated rings. The summed E-state index contributed by atoms with van der Waals surface area (Å²) in [6, 6.07) is 0.806. The molecule has 3 heteroatoms. The van der Waals surface area contributed by atoms with Gasteiger partial charge in [0.05, 0.1) is 6.10 Å². The average Bonchev–Trinajstić information content (AvgIpc) is 2.47. The highest BCUT2D eigenvalue weighted by Crippen LogP contribution is 2.27. The summed E-state index contributed by atoms with van der Waals surface area (Å²) in [6.45, 7) is 12.8. The van der Waals surface area contributed by atoms with Crippen LogP contribution in [0.15, 0.2) is 0 Å². The van der Waals surface area contributed by atoms with Gasteiger partial charge in [-0.15, -0.1) is 0 Å². The van der Waals surface area contributed by atoms with Gasteiger partial charge in [0.2, 0.25) is 0 Å². The van der Waals surface area contributed by atoms with Gasteiger partial charge >= 0.3 is 0 Å². The van der Waals surface area contributed by atoms with E-state index in [9.17, 15) is 5.11 Å². The molecule has 0 aromatic heterocycles. The molecule has 0 aromatic rings. The maximum Gasteiger partial charge on any atom is 0.0571 e. The maximum absolute atomic E-state index is 10.3. The molecule has 118 valence electrons. The number of rotatable bonds is 5. The van der Waals surface area contributed by atoms with Crippen molar-refractivity contribution in [3.05, 3.63) is 0 Å². The summed E-state index contributed by atoms with van der Waals surface area (Å²) in [4.78, 5) is 5.27. The molecule has 0 saturated carbocycles. The van der Waals surface area contributed by atoms with E-state index in [-0.39, 0.29) is 6.10 Å². The third-order valence-corrected chi connectivity index (χ3v) is 5.35. The third kappa shape index (κ3) is 4.44. The van der Waals surface area contributed by atoms with Crippen molar-refractivity contribution >= 4 is 0 Å². The first kappa shape index (κ1) is 16.3. The van der Waals surface area contributed by atoms with Crippen molar-refractivity contribution in [2.45, 2.75) is 65.0 Å². The van der Waals surface area contributed by atoms with Crippen molar-refractivity contribution < 1.29 is 5.11 Å². The number of hydrogen-bond donors (Lipinski definition) is 1. The van der Waals surface area contributed by atoms with Gasteiger partial charge < -0.3 is 14.9 Å². The van der Waals surface area contributed by atoms with E-state index in [1.54, 1.807) is 0 Å². The van der Waals surface area contributed by atoms with E-state index in [1.165, 1.54) is 58.4 Å². The molecule has 1 atom stereocenters. The molecule has 0 radical (unpaired) electrons. The maximum atomic E-state index is 10.3. The van der Waals surface area contributed by atoms with Gasteiger partial charge in [-0.1, -0.05) is 20.8 Å². The molecule has 0 aliphatic carbocycles. The summed E-state index contributed by atoms with van der Waals surface area (Å²) in [7, 11) is 0. The Bertz CT molecular complexity index is 266. The number of nitrogens with zero attached hydrogens (tertiary/aromatic N) is 2.